The molecular weight excluding hydrogens is 1000 g/mol. The van der Waals surface area contributed by atoms with Crippen molar-refractivity contribution in [3.05, 3.63) is 299 Å². The van der Waals surface area contributed by atoms with Gasteiger partial charge in [0.25, 0.3) is 0 Å². The molecule has 10 heteroatoms. The van der Waals surface area contributed by atoms with Crippen molar-refractivity contribution in [2.45, 2.75) is 18.9 Å². The number of anilines is 8. The van der Waals surface area contributed by atoms with Gasteiger partial charge in [-0.05, 0) is 183 Å². The van der Waals surface area contributed by atoms with Crippen molar-refractivity contribution >= 4 is 67.0 Å². The van der Waals surface area contributed by atoms with E-state index in [0.717, 1.165) is 112 Å². The maximum absolute atomic E-state index is 11.4. The Morgan fingerprint density at radius 1 is 0.420 bits per heavy atom. The molecule has 0 aromatic heterocycles. The van der Waals surface area contributed by atoms with Crippen molar-refractivity contribution in [2.75, 3.05) is 40.2 Å². The fourth-order valence-corrected chi connectivity index (χ4v) is 11.2. The van der Waals surface area contributed by atoms with Crippen LogP contribution < -0.4 is 19.6 Å². The summed E-state index contributed by atoms with van der Waals surface area (Å²) in [5.41, 5.74) is 16.5. The molecule has 0 saturated heterocycles. The van der Waals surface area contributed by atoms with Gasteiger partial charge in [-0.25, -0.2) is 0 Å². The summed E-state index contributed by atoms with van der Waals surface area (Å²) in [5, 5.41) is 27.3. The molecule has 2 atom stereocenters. The van der Waals surface area contributed by atoms with E-state index in [4.69, 9.17) is 0 Å². The van der Waals surface area contributed by atoms with Crippen molar-refractivity contribution in [1.29, 1.82) is 0 Å². The largest absolute Gasteiger partial charge is 0.345 e. The third kappa shape index (κ3) is 11.0. The van der Waals surface area contributed by atoms with Gasteiger partial charge < -0.3 is 19.6 Å². The highest BCUT2D eigenvalue weighted by Gasteiger charge is 2.23. The fourth-order valence-electron chi connectivity index (χ4n) is 11.2. The molecule has 0 aliphatic heterocycles. The van der Waals surface area contributed by atoms with Crippen molar-refractivity contribution in [1.82, 2.24) is 0 Å². The zero-order chi connectivity index (χ0) is 55.4. The second-order valence-electron chi connectivity index (χ2n) is 20.7. The summed E-state index contributed by atoms with van der Waals surface area (Å²) in [5.74, 6) is -0.151. The summed E-state index contributed by atoms with van der Waals surface area (Å²) in [7, 11) is 4.00. The Labute approximate surface area is 471 Å². The summed E-state index contributed by atoms with van der Waals surface area (Å²) in [6, 6.07) is 81.2. The average molecular weight is 1060 g/mol. The van der Waals surface area contributed by atoms with Gasteiger partial charge in [-0.1, -0.05) is 146 Å². The first-order chi connectivity index (χ1) is 39.6. The number of likely N-dealkylation sites (N-methyl/N-ethyl adjacent to an activating group) is 2. The Kier molecular flexibility index (Phi) is 14.3. The van der Waals surface area contributed by atoms with Crippen LogP contribution in [0, 0.1) is 26.1 Å². The molecule has 10 aromatic rings. The highest BCUT2D eigenvalue weighted by Crippen LogP contribution is 2.44. The Balaban J connectivity index is 0.918. The van der Waals surface area contributed by atoms with Crippen molar-refractivity contribution in [3.63, 3.8) is 0 Å². The van der Waals surface area contributed by atoms with E-state index < -0.39 is 6.04 Å². The molecule has 0 saturated carbocycles. The molecule has 2 unspecified atom stereocenters. The molecule has 0 fully saturated rings. The summed E-state index contributed by atoms with van der Waals surface area (Å²) in [6.07, 6.45) is 12.5. The number of nitro groups is 2. The molecule has 10 aromatic carbocycles. The molecule has 0 N–H and O–H groups in total. The van der Waals surface area contributed by atoms with Crippen LogP contribution in [0.1, 0.15) is 12.8 Å². The SMILES string of the molecule is CN(C1=CC(C[N+](=O)[O-])CC=C1)c1ccc(N(c2ccc(-c3ccccc3)c(-c3ccc4cc(N(c5ccc(-c6ccccc6)cc5)c5ccc(N(C)C6=CCC([N+](=O)[O-])C=C6)cc5)ccc4c3)c2)c2ccc3ccccc3c2)cc1. The lowest BCUT2D eigenvalue weighted by molar-refractivity contribution is -0.508. The van der Waals surface area contributed by atoms with Gasteiger partial charge in [-0.3, -0.25) is 20.2 Å². The second kappa shape index (κ2) is 22.6. The average Bonchev–Trinajstić information content (AvgIpc) is 3.52. The van der Waals surface area contributed by atoms with Gasteiger partial charge in [0.1, 0.15) is 0 Å². The van der Waals surface area contributed by atoms with E-state index in [1.165, 1.54) is 0 Å². The van der Waals surface area contributed by atoms with Gasteiger partial charge >= 0.3 is 0 Å². The minimum atomic E-state index is -0.702. The predicted octanol–water partition coefficient (Wildman–Crippen LogP) is 18.0. The van der Waals surface area contributed by atoms with Crippen LogP contribution in [0.2, 0.25) is 0 Å². The molecular formula is C71H58N6O4. The van der Waals surface area contributed by atoms with Crippen LogP contribution in [0.25, 0.3) is 54.9 Å². The minimum absolute atomic E-state index is 0.0928. The van der Waals surface area contributed by atoms with Crippen molar-refractivity contribution in [3.8, 4) is 33.4 Å². The zero-order valence-corrected chi connectivity index (χ0v) is 45.0. The highest BCUT2D eigenvalue weighted by molar-refractivity contribution is 5.97. The number of hydrogen-bond acceptors (Lipinski definition) is 8. The summed E-state index contributed by atoms with van der Waals surface area (Å²) in [6.45, 7) is -0.0928. The summed E-state index contributed by atoms with van der Waals surface area (Å²) >= 11 is 0. The van der Waals surface area contributed by atoms with E-state index in [1.54, 1.807) is 6.08 Å². The highest BCUT2D eigenvalue weighted by atomic mass is 16.6. The number of fused-ring (bicyclic) bond motifs is 2. The first kappa shape index (κ1) is 51.4. The third-order valence-electron chi connectivity index (χ3n) is 15.6. The Hall–Kier alpha value is -10.3. The first-order valence-corrected chi connectivity index (χ1v) is 27.3. The number of hydrogen-bond donors (Lipinski definition) is 0. The van der Waals surface area contributed by atoms with Crippen LogP contribution >= 0.6 is 0 Å². The second-order valence-corrected chi connectivity index (χ2v) is 20.7. The van der Waals surface area contributed by atoms with Gasteiger partial charge in [0.2, 0.25) is 12.6 Å². The maximum atomic E-state index is 11.4. The van der Waals surface area contributed by atoms with E-state index in [0.29, 0.717) is 12.8 Å². The molecule has 2 aliphatic carbocycles. The Bertz CT molecular complexity index is 4080. The predicted molar refractivity (Wildman–Crippen MR) is 334 cm³/mol. The van der Waals surface area contributed by atoms with Crippen molar-refractivity contribution in [2.24, 2.45) is 5.92 Å². The lowest BCUT2D eigenvalue weighted by Crippen LogP contribution is -2.22. The van der Waals surface area contributed by atoms with E-state index >= 15 is 0 Å². The molecule has 0 radical (unpaired) electrons. The topological polar surface area (TPSA) is 99.2 Å². The number of benzene rings is 10. The van der Waals surface area contributed by atoms with E-state index in [-0.39, 0.29) is 22.3 Å². The number of nitrogens with zero attached hydrogens (tertiary/aromatic N) is 6. The third-order valence-corrected chi connectivity index (χ3v) is 15.6. The number of allylic oxidation sites excluding steroid dienone is 3. The first-order valence-electron chi connectivity index (χ1n) is 27.3. The molecule has 0 spiro atoms. The normalized spacial score (nSPS) is 14.7. The van der Waals surface area contributed by atoms with Gasteiger partial charge in [-0.15, -0.1) is 0 Å². The van der Waals surface area contributed by atoms with Crippen LogP contribution in [0.15, 0.2) is 278 Å². The molecule has 10 nitrogen and oxygen atoms in total. The van der Waals surface area contributed by atoms with Gasteiger partial charge in [0.15, 0.2) is 0 Å². The van der Waals surface area contributed by atoms with Gasteiger partial charge in [0, 0.05) is 93.2 Å². The van der Waals surface area contributed by atoms with Crippen LogP contribution in [0.4, 0.5) is 45.5 Å². The quantitative estimate of drug-likeness (QED) is 0.0697. The van der Waals surface area contributed by atoms with Gasteiger partial charge in [-0.2, -0.15) is 0 Å². The number of rotatable bonds is 16. The minimum Gasteiger partial charge on any atom is -0.345 e. The van der Waals surface area contributed by atoms with Crippen molar-refractivity contribution < 1.29 is 9.85 Å². The summed E-state index contributed by atoms with van der Waals surface area (Å²) < 4.78 is 0. The molecule has 0 heterocycles. The van der Waals surface area contributed by atoms with E-state index in [1.807, 2.05) is 50.5 Å². The van der Waals surface area contributed by atoms with Crippen LogP contribution in [-0.2, 0) is 0 Å². The molecule has 0 bridgehead atoms. The standard InChI is InChI=1S/C71H58N6O4/c1-72(60-34-40-65(41-35-60)77(80)81)59-30-36-63(37-31-59)75(62-26-22-53(23-27-62)51-13-5-3-6-14-51)67-29-25-56-45-58(21-20-57(56)47-67)71-48-69(42-43-70(71)54-16-7-4-8-17-54)76(68-28-24-52-15-9-10-18-55(52)46-68)64-38-32-61(33-39-64)73(2)66-19-11-12-50(44-66)49-74(78)79/h3-11,13-40,42-48,50,65H,12,41,49H2,1-2H3. The summed E-state index contributed by atoms with van der Waals surface area (Å²) in [4.78, 5) is 31.1. The van der Waals surface area contributed by atoms with Gasteiger partial charge in [0.05, 0.1) is 0 Å². The molecule has 0 amide bonds. The smallest absolute Gasteiger partial charge is 0.235 e. The fraction of sp³-hybridized carbons (Fsp3) is 0.0986. The molecule has 81 heavy (non-hydrogen) atoms. The molecule has 2 aliphatic rings. The monoisotopic (exact) mass is 1060 g/mol. The Morgan fingerprint density at radius 2 is 0.889 bits per heavy atom. The lowest BCUT2D eigenvalue weighted by Gasteiger charge is -2.29. The Morgan fingerprint density at radius 3 is 1.51 bits per heavy atom. The maximum Gasteiger partial charge on any atom is 0.235 e. The van der Waals surface area contributed by atoms with Crippen LogP contribution in [0.5, 0.6) is 0 Å². The van der Waals surface area contributed by atoms with E-state index in [9.17, 15) is 20.2 Å². The van der Waals surface area contributed by atoms with Crippen LogP contribution in [-0.4, -0.2) is 36.5 Å². The lowest BCUT2D eigenvalue weighted by atomic mass is 9.92. The zero-order valence-electron chi connectivity index (χ0n) is 45.0. The van der Waals surface area contributed by atoms with E-state index in [2.05, 4.69) is 244 Å². The molecule has 396 valence electrons. The molecule has 12 rings (SSSR count). The van der Waals surface area contributed by atoms with Crippen LogP contribution in [0.3, 0.4) is 0 Å².